The minimum Gasteiger partial charge on any atom is -0.295 e. The molecule has 0 rings (SSSR count). The topological polar surface area (TPSA) is 17.1 Å². The molecule has 0 atom stereocenters. The summed E-state index contributed by atoms with van der Waals surface area (Å²) in [5.74, 6) is 0.278. The van der Waals surface area contributed by atoms with Crippen LogP contribution in [0.15, 0.2) is 12.2 Å². The highest BCUT2D eigenvalue weighted by atomic mass is 16.1. The Labute approximate surface area is 69.5 Å². The van der Waals surface area contributed by atoms with Crippen molar-refractivity contribution < 1.29 is 4.79 Å². The van der Waals surface area contributed by atoms with Crippen LogP contribution in [-0.4, -0.2) is 5.78 Å². The van der Waals surface area contributed by atoms with E-state index >= 15 is 0 Å². The maximum atomic E-state index is 11.0. The van der Waals surface area contributed by atoms with Gasteiger partial charge >= 0.3 is 0 Å². The normalized spacial score (nSPS) is 10.7. The van der Waals surface area contributed by atoms with Crippen molar-refractivity contribution in [1.82, 2.24) is 0 Å². The smallest absolute Gasteiger partial charge is 0.155 e. The summed E-state index contributed by atoms with van der Waals surface area (Å²) in [6, 6.07) is 0. The summed E-state index contributed by atoms with van der Waals surface area (Å²) < 4.78 is 0. The zero-order valence-corrected chi connectivity index (χ0v) is 7.60. The van der Waals surface area contributed by atoms with E-state index in [1.807, 2.05) is 6.08 Å². The molecule has 0 amide bonds. The SMILES string of the molecule is CCCC=CC(=O)CCCC. The van der Waals surface area contributed by atoms with Gasteiger partial charge < -0.3 is 0 Å². The van der Waals surface area contributed by atoms with Gasteiger partial charge in [-0.3, -0.25) is 4.79 Å². The lowest BCUT2D eigenvalue weighted by Crippen LogP contribution is -1.90. The summed E-state index contributed by atoms with van der Waals surface area (Å²) in [5, 5.41) is 0. The molecule has 0 heterocycles. The van der Waals surface area contributed by atoms with Crippen LogP contribution in [0, 0.1) is 0 Å². The lowest BCUT2D eigenvalue weighted by atomic mass is 10.1. The molecule has 64 valence electrons. The molecular formula is C10H18O. The quantitative estimate of drug-likeness (QED) is 0.537. The zero-order valence-electron chi connectivity index (χ0n) is 7.60. The Morgan fingerprint density at radius 2 is 2.00 bits per heavy atom. The summed E-state index contributed by atoms with van der Waals surface area (Å²) in [6.45, 7) is 4.21. The van der Waals surface area contributed by atoms with Gasteiger partial charge in [-0.1, -0.05) is 32.8 Å². The maximum Gasteiger partial charge on any atom is 0.155 e. The van der Waals surface area contributed by atoms with Gasteiger partial charge in [-0.25, -0.2) is 0 Å². The Bertz CT molecular complexity index is 125. The average molecular weight is 154 g/mol. The van der Waals surface area contributed by atoms with Crippen molar-refractivity contribution in [2.75, 3.05) is 0 Å². The number of carbonyl (C=O) groups is 1. The van der Waals surface area contributed by atoms with Gasteiger partial charge in [0, 0.05) is 6.42 Å². The van der Waals surface area contributed by atoms with E-state index in [9.17, 15) is 4.79 Å². The number of unbranched alkanes of at least 4 members (excludes halogenated alkanes) is 2. The molecular weight excluding hydrogens is 136 g/mol. The van der Waals surface area contributed by atoms with Crippen LogP contribution in [0.4, 0.5) is 0 Å². The van der Waals surface area contributed by atoms with Gasteiger partial charge in [-0.2, -0.15) is 0 Å². The minimum absolute atomic E-state index is 0.278. The van der Waals surface area contributed by atoms with Crippen LogP contribution in [0.5, 0.6) is 0 Å². The second-order valence-corrected chi connectivity index (χ2v) is 2.76. The molecule has 0 N–H and O–H groups in total. The van der Waals surface area contributed by atoms with Crippen LogP contribution in [0.1, 0.15) is 46.0 Å². The number of rotatable bonds is 6. The predicted octanol–water partition coefficient (Wildman–Crippen LogP) is 3.10. The molecule has 1 nitrogen and oxygen atoms in total. The van der Waals surface area contributed by atoms with Crippen molar-refractivity contribution in [3.63, 3.8) is 0 Å². The molecule has 1 heteroatoms. The van der Waals surface area contributed by atoms with Crippen molar-refractivity contribution in [2.24, 2.45) is 0 Å². The molecule has 0 bridgehead atoms. The highest BCUT2D eigenvalue weighted by molar-refractivity contribution is 5.89. The Morgan fingerprint density at radius 3 is 2.55 bits per heavy atom. The largest absolute Gasteiger partial charge is 0.295 e. The van der Waals surface area contributed by atoms with Crippen molar-refractivity contribution in [3.8, 4) is 0 Å². The summed E-state index contributed by atoms with van der Waals surface area (Å²) in [4.78, 5) is 11.0. The van der Waals surface area contributed by atoms with Gasteiger partial charge in [0.15, 0.2) is 5.78 Å². The number of allylic oxidation sites excluding steroid dienone is 2. The van der Waals surface area contributed by atoms with Gasteiger partial charge in [0.2, 0.25) is 0 Å². The van der Waals surface area contributed by atoms with Crippen LogP contribution < -0.4 is 0 Å². The molecule has 0 unspecified atom stereocenters. The van der Waals surface area contributed by atoms with E-state index in [2.05, 4.69) is 13.8 Å². The van der Waals surface area contributed by atoms with E-state index in [4.69, 9.17) is 0 Å². The number of hydrogen-bond donors (Lipinski definition) is 0. The Hall–Kier alpha value is -0.590. The second-order valence-electron chi connectivity index (χ2n) is 2.76. The standard InChI is InChI=1S/C10H18O/c1-3-5-7-9-10(11)8-6-4-2/h7,9H,3-6,8H2,1-2H3. The Kier molecular flexibility index (Phi) is 7.11. The fourth-order valence-corrected chi connectivity index (χ4v) is 0.816. The molecule has 0 radical (unpaired) electrons. The van der Waals surface area contributed by atoms with Gasteiger partial charge in [-0.15, -0.1) is 0 Å². The molecule has 0 saturated carbocycles. The molecule has 0 aliphatic rings. The van der Waals surface area contributed by atoms with E-state index in [0.717, 1.165) is 32.1 Å². The van der Waals surface area contributed by atoms with Crippen LogP contribution in [0.25, 0.3) is 0 Å². The van der Waals surface area contributed by atoms with E-state index in [1.54, 1.807) is 6.08 Å². The molecule has 0 aromatic rings. The van der Waals surface area contributed by atoms with Crippen molar-refractivity contribution in [1.29, 1.82) is 0 Å². The molecule has 0 aliphatic carbocycles. The first-order chi connectivity index (χ1) is 5.31. The van der Waals surface area contributed by atoms with Crippen LogP contribution >= 0.6 is 0 Å². The summed E-state index contributed by atoms with van der Waals surface area (Å²) >= 11 is 0. The van der Waals surface area contributed by atoms with Crippen LogP contribution in [0.3, 0.4) is 0 Å². The third-order valence-electron chi connectivity index (χ3n) is 1.54. The third kappa shape index (κ3) is 7.31. The summed E-state index contributed by atoms with van der Waals surface area (Å²) in [5.41, 5.74) is 0. The van der Waals surface area contributed by atoms with Crippen molar-refractivity contribution >= 4 is 5.78 Å². The summed E-state index contributed by atoms with van der Waals surface area (Å²) in [7, 11) is 0. The molecule has 0 spiro atoms. The number of ketones is 1. The highest BCUT2D eigenvalue weighted by Crippen LogP contribution is 1.97. The van der Waals surface area contributed by atoms with E-state index < -0.39 is 0 Å². The van der Waals surface area contributed by atoms with Gasteiger partial charge in [0.25, 0.3) is 0 Å². The first-order valence-electron chi connectivity index (χ1n) is 4.50. The van der Waals surface area contributed by atoms with Crippen molar-refractivity contribution in [2.45, 2.75) is 46.0 Å². The fraction of sp³-hybridized carbons (Fsp3) is 0.700. The zero-order chi connectivity index (χ0) is 8.53. The summed E-state index contributed by atoms with van der Waals surface area (Å²) in [6.07, 6.45) is 8.69. The third-order valence-corrected chi connectivity index (χ3v) is 1.54. The number of hydrogen-bond acceptors (Lipinski definition) is 1. The maximum absolute atomic E-state index is 11.0. The Balaban J connectivity index is 3.35. The molecule has 0 aromatic carbocycles. The predicted molar refractivity (Wildman–Crippen MR) is 48.6 cm³/mol. The van der Waals surface area contributed by atoms with Crippen molar-refractivity contribution in [3.05, 3.63) is 12.2 Å². The van der Waals surface area contributed by atoms with E-state index in [-0.39, 0.29) is 5.78 Å². The molecule has 0 saturated heterocycles. The van der Waals surface area contributed by atoms with E-state index in [0.29, 0.717) is 0 Å². The van der Waals surface area contributed by atoms with Gasteiger partial charge in [0.1, 0.15) is 0 Å². The average Bonchev–Trinajstić information content (AvgIpc) is 2.01. The van der Waals surface area contributed by atoms with Gasteiger partial charge in [-0.05, 0) is 18.9 Å². The first kappa shape index (κ1) is 10.4. The van der Waals surface area contributed by atoms with Crippen LogP contribution in [-0.2, 0) is 4.79 Å². The minimum atomic E-state index is 0.278. The van der Waals surface area contributed by atoms with Crippen LogP contribution in [0.2, 0.25) is 0 Å². The lowest BCUT2D eigenvalue weighted by molar-refractivity contribution is -0.114. The lowest BCUT2D eigenvalue weighted by Gasteiger charge is -1.90. The van der Waals surface area contributed by atoms with Gasteiger partial charge in [0.05, 0.1) is 0 Å². The fourth-order valence-electron chi connectivity index (χ4n) is 0.816. The molecule has 0 aliphatic heterocycles. The van der Waals surface area contributed by atoms with E-state index in [1.165, 1.54) is 0 Å². The molecule has 0 fully saturated rings. The second kappa shape index (κ2) is 7.52. The number of carbonyl (C=O) groups excluding carboxylic acids is 1. The highest BCUT2D eigenvalue weighted by Gasteiger charge is 1.92. The molecule has 0 aromatic heterocycles. The Morgan fingerprint density at radius 1 is 1.27 bits per heavy atom. The monoisotopic (exact) mass is 154 g/mol. The first-order valence-corrected chi connectivity index (χ1v) is 4.50. The molecule has 11 heavy (non-hydrogen) atoms.